The number of benzene rings is 2. The molecule has 1 amide bonds. The predicted octanol–water partition coefficient (Wildman–Crippen LogP) is 2.74. The minimum absolute atomic E-state index is 0.0941. The first kappa shape index (κ1) is 23.2. The van der Waals surface area contributed by atoms with E-state index in [9.17, 15) is 26.4 Å². The summed E-state index contributed by atoms with van der Waals surface area (Å²) in [7, 11) is -1.44. The van der Waals surface area contributed by atoms with Gasteiger partial charge >= 0.3 is 6.36 Å². The van der Waals surface area contributed by atoms with Crippen LogP contribution in [0.2, 0.25) is 0 Å². The highest BCUT2D eigenvalue weighted by Gasteiger charge is 2.32. The Morgan fingerprint density at radius 1 is 1.10 bits per heavy atom. The number of carbonyl (C=O) groups is 1. The van der Waals surface area contributed by atoms with Gasteiger partial charge in [0.05, 0.1) is 23.1 Å². The molecule has 0 aliphatic heterocycles. The largest absolute Gasteiger partial charge is 0.573 e. The van der Waals surface area contributed by atoms with Crippen LogP contribution in [0, 0.1) is 11.3 Å². The van der Waals surface area contributed by atoms with Gasteiger partial charge in [0, 0.05) is 26.2 Å². The molecule has 2 aromatic carbocycles. The van der Waals surface area contributed by atoms with Gasteiger partial charge in [-0.15, -0.1) is 13.2 Å². The van der Waals surface area contributed by atoms with Crippen LogP contribution in [0.5, 0.6) is 5.75 Å². The number of hydrogen-bond acceptors (Lipinski definition) is 5. The number of ether oxygens (including phenoxy) is 1. The number of para-hydroxylation sites is 1. The van der Waals surface area contributed by atoms with Gasteiger partial charge < -0.3 is 9.64 Å². The molecule has 160 valence electrons. The van der Waals surface area contributed by atoms with E-state index >= 15 is 0 Å². The van der Waals surface area contributed by atoms with Gasteiger partial charge in [0.25, 0.3) is 0 Å². The Morgan fingerprint density at radius 2 is 1.70 bits per heavy atom. The standard InChI is InChI=1S/C19H18F3N3O4S/c1-24(12-15-5-3-4-6-17(15)29-19(20,21)22)18(26)13-25(2)30(27,28)16-9-7-14(11-23)8-10-16/h3-10H,12-13H2,1-2H3. The molecular weight excluding hydrogens is 423 g/mol. The smallest absolute Gasteiger partial charge is 0.405 e. The first-order valence-electron chi connectivity index (χ1n) is 8.48. The molecule has 0 aliphatic carbocycles. The minimum atomic E-state index is -4.88. The zero-order valence-corrected chi connectivity index (χ0v) is 16.9. The van der Waals surface area contributed by atoms with Crippen LogP contribution in [0.3, 0.4) is 0 Å². The maximum absolute atomic E-state index is 12.6. The summed E-state index contributed by atoms with van der Waals surface area (Å²) in [5.41, 5.74) is 0.399. The third-order valence-electron chi connectivity index (χ3n) is 4.08. The van der Waals surface area contributed by atoms with Gasteiger partial charge in [-0.1, -0.05) is 18.2 Å². The third-order valence-corrected chi connectivity index (χ3v) is 5.90. The molecule has 0 radical (unpaired) electrons. The van der Waals surface area contributed by atoms with E-state index in [1.807, 2.05) is 6.07 Å². The van der Waals surface area contributed by atoms with Crippen LogP contribution in [0.25, 0.3) is 0 Å². The van der Waals surface area contributed by atoms with Crippen LogP contribution in [0.4, 0.5) is 13.2 Å². The molecule has 0 spiro atoms. The lowest BCUT2D eigenvalue weighted by molar-refractivity contribution is -0.275. The van der Waals surface area contributed by atoms with Crippen molar-refractivity contribution in [3.8, 4) is 11.8 Å². The van der Waals surface area contributed by atoms with Crippen LogP contribution in [-0.2, 0) is 21.4 Å². The first-order valence-corrected chi connectivity index (χ1v) is 9.92. The van der Waals surface area contributed by atoms with E-state index in [2.05, 4.69) is 4.74 Å². The van der Waals surface area contributed by atoms with Crippen LogP contribution in [0.1, 0.15) is 11.1 Å². The number of hydrogen-bond donors (Lipinski definition) is 0. The lowest BCUT2D eigenvalue weighted by atomic mass is 10.2. The fourth-order valence-corrected chi connectivity index (χ4v) is 3.60. The zero-order valence-electron chi connectivity index (χ0n) is 16.0. The van der Waals surface area contributed by atoms with Crippen LogP contribution in [0.15, 0.2) is 53.4 Å². The summed E-state index contributed by atoms with van der Waals surface area (Å²) in [6.07, 6.45) is -4.88. The highest BCUT2D eigenvalue weighted by molar-refractivity contribution is 7.89. The highest BCUT2D eigenvalue weighted by atomic mass is 32.2. The van der Waals surface area contributed by atoms with Gasteiger partial charge in [-0.05, 0) is 30.3 Å². The van der Waals surface area contributed by atoms with E-state index in [1.54, 1.807) is 0 Å². The van der Waals surface area contributed by atoms with Crippen molar-refractivity contribution in [2.45, 2.75) is 17.8 Å². The van der Waals surface area contributed by atoms with E-state index in [1.165, 1.54) is 56.6 Å². The number of halogens is 3. The zero-order chi connectivity index (χ0) is 22.5. The number of nitriles is 1. The van der Waals surface area contributed by atoms with Crippen molar-refractivity contribution < 1.29 is 31.1 Å². The number of alkyl halides is 3. The fourth-order valence-electron chi connectivity index (χ4n) is 2.48. The van der Waals surface area contributed by atoms with Crippen molar-refractivity contribution in [3.63, 3.8) is 0 Å². The van der Waals surface area contributed by atoms with Crippen LogP contribution < -0.4 is 4.74 Å². The molecule has 0 fully saturated rings. The molecule has 0 saturated carbocycles. The van der Waals surface area contributed by atoms with E-state index in [4.69, 9.17) is 5.26 Å². The first-order chi connectivity index (χ1) is 13.9. The molecule has 30 heavy (non-hydrogen) atoms. The summed E-state index contributed by atoms with van der Waals surface area (Å²) < 4.78 is 67.6. The number of sulfonamides is 1. The molecule has 2 aromatic rings. The molecule has 7 nitrogen and oxygen atoms in total. The molecule has 0 aliphatic rings. The van der Waals surface area contributed by atoms with Crippen LogP contribution in [-0.4, -0.2) is 50.5 Å². The summed E-state index contributed by atoms with van der Waals surface area (Å²) in [6.45, 7) is -0.739. The number of carbonyl (C=O) groups excluding carboxylic acids is 1. The summed E-state index contributed by atoms with van der Waals surface area (Å²) in [5, 5.41) is 8.79. The maximum Gasteiger partial charge on any atom is 0.573 e. The van der Waals surface area contributed by atoms with Gasteiger partial charge in [0.1, 0.15) is 5.75 Å². The molecule has 0 heterocycles. The molecule has 0 bridgehead atoms. The average Bonchev–Trinajstić information content (AvgIpc) is 2.68. The van der Waals surface area contributed by atoms with Crippen molar-refractivity contribution in [2.24, 2.45) is 0 Å². The Balaban J connectivity index is 2.09. The van der Waals surface area contributed by atoms with Gasteiger partial charge in [0.15, 0.2) is 0 Å². The lowest BCUT2D eigenvalue weighted by Crippen LogP contribution is -2.39. The number of amides is 1. The average molecular weight is 441 g/mol. The Morgan fingerprint density at radius 3 is 2.27 bits per heavy atom. The molecule has 0 atom stereocenters. The quantitative estimate of drug-likeness (QED) is 0.659. The van der Waals surface area contributed by atoms with E-state index in [0.29, 0.717) is 0 Å². The maximum atomic E-state index is 12.6. The fraction of sp³-hybridized carbons (Fsp3) is 0.263. The molecule has 0 saturated heterocycles. The van der Waals surface area contributed by atoms with Gasteiger partial charge in [-0.2, -0.15) is 9.57 Å². The summed E-state index contributed by atoms with van der Waals surface area (Å²) in [4.78, 5) is 13.5. The van der Waals surface area contributed by atoms with Gasteiger partial charge in [0.2, 0.25) is 15.9 Å². The Kier molecular flexibility index (Phi) is 7.07. The monoisotopic (exact) mass is 441 g/mol. The van der Waals surface area contributed by atoms with E-state index in [-0.39, 0.29) is 22.6 Å². The minimum Gasteiger partial charge on any atom is -0.405 e. The Bertz CT molecular complexity index is 1050. The second-order valence-corrected chi connectivity index (χ2v) is 8.35. The van der Waals surface area contributed by atoms with Crippen LogP contribution >= 0.6 is 0 Å². The van der Waals surface area contributed by atoms with E-state index < -0.39 is 34.6 Å². The number of likely N-dealkylation sites (N-methyl/N-ethyl adjacent to an activating group) is 2. The molecule has 0 N–H and O–H groups in total. The highest BCUT2D eigenvalue weighted by Crippen LogP contribution is 2.27. The predicted molar refractivity (Wildman–Crippen MR) is 101 cm³/mol. The number of nitrogens with zero attached hydrogens (tertiary/aromatic N) is 3. The summed E-state index contributed by atoms with van der Waals surface area (Å²) in [5.74, 6) is -1.07. The van der Waals surface area contributed by atoms with Crippen molar-refractivity contribution >= 4 is 15.9 Å². The topological polar surface area (TPSA) is 90.7 Å². The molecular formula is C19H18F3N3O4S. The Hall–Kier alpha value is -3.10. The third kappa shape index (κ3) is 5.95. The van der Waals surface area contributed by atoms with Gasteiger partial charge in [-0.25, -0.2) is 8.42 Å². The van der Waals surface area contributed by atoms with Crippen molar-refractivity contribution in [3.05, 3.63) is 59.7 Å². The summed E-state index contributed by atoms with van der Waals surface area (Å²) in [6, 6.07) is 12.4. The summed E-state index contributed by atoms with van der Waals surface area (Å²) >= 11 is 0. The van der Waals surface area contributed by atoms with Crippen molar-refractivity contribution in [1.82, 2.24) is 9.21 Å². The van der Waals surface area contributed by atoms with E-state index in [0.717, 1.165) is 15.3 Å². The second-order valence-electron chi connectivity index (χ2n) is 6.30. The van der Waals surface area contributed by atoms with Crippen molar-refractivity contribution in [2.75, 3.05) is 20.6 Å². The molecule has 2 rings (SSSR count). The second kappa shape index (κ2) is 9.15. The van der Waals surface area contributed by atoms with Gasteiger partial charge in [-0.3, -0.25) is 4.79 Å². The number of rotatable bonds is 7. The molecule has 0 aromatic heterocycles. The normalized spacial score (nSPS) is 11.8. The lowest BCUT2D eigenvalue weighted by Gasteiger charge is -2.23. The Labute approximate surface area is 171 Å². The SMILES string of the molecule is CN(Cc1ccccc1OC(F)(F)F)C(=O)CN(C)S(=O)(=O)c1ccc(C#N)cc1. The van der Waals surface area contributed by atoms with Crippen molar-refractivity contribution in [1.29, 1.82) is 5.26 Å². The molecule has 0 unspecified atom stereocenters. The molecule has 11 heteroatoms.